The maximum absolute atomic E-state index is 10.7. The van der Waals surface area contributed by atoms with Gasteiger partial charge in [0.1, 0.15) is 0 Å². The highest BCUT2D eigenvalue weighted by Gasteiger charge is 2.47. The maximum atomic E-state index is 10.7. The van der Waals surface area contributed by atoms with Gasteiger partial charge in [-0.25, -0.2) is 0 Å². The summed E-state index contributed by atoms with van der Waals surface area (Å²) < 4.78 is 0. The second-order valence-corrected chi connectivity index (χ2v) is 18.2. The normalized spacial score (nSPS) is 18.6. The molecule has 0 N–H and O–H groups in total. The number of fused-ring (bicyclic) bond motifs is 6. The minimum absolute atomic E-state index is 0.00174. The lowest BCUT2D eigenvalue weighted by atomic mass is 9.29. The van der Waals surface area contributed by atoms with E-state index in [0.717, 1.165) is 37.8 Å². The molecule has 5 aromatic carbocycles. The Labute approximate surface area is 343 Å². The number of anilines is 3. The van der Waals surface area contributed by atoms with Crippen molar-refractivity contribution < 1.29 is 0 Å². The smallest absolute Gasteiger partial charge is 0.247 e. The van der Waals surface area contributed by atoms with E-state index in [4.69, 9.17) is 0 Å². The van der Waals surface area contributed by atoms with Crippen LogP contribution >= 0.6 is 0 Å². The zero-order valence-electron chi connectivity index (χ0n) is 34.2. The first-order valence-electron chi connectivity index (χ1n) is 21.3. The van der Waals surface area contributed by atoms with E-state index in [9.17, 15) is 5.26 Å². The molecular formula is C55H47BN2. The molecule has 0 bridgehead atoms. The van der Waals surface area contributed by atoms with Crippen molar-refractivity contribution in [3.63, 3.8) is 0 Å². The molecule has 2 nitrogen and oxygen atoms in total. The molecule has 1 unspecified atom stereocenters. The zero-order valence-corrected chi connectivity index (χ0v) is 34.2. The molecule has 11 rings (SSSR count). The van der Waals surface area contributed by atoms with Crippen LogP contribution in [-0.2, 0) is 6.42 Å². The molecule has 0 amide bonds. The third-order valence-corrected chi connectivity index (χ3v) is 13.7. The Hall–Kier alpha value is -6.11. The monoisotopic (exact) mass is 746 g/mol. The summed E-state index contributed by atoms with van der Waals surface area (Å²) in [7, 11) is 0. The predicted molar refractivity (Wildman–Crippen MR) is 247 cm³/mol. The number of hydrogen-bond acceptors (Lipinski definition) is 2. The molecule has 5 aromatic rings. The average Bonchev–Trinajstić information content (AvgIpc) is 3.24. The Bertz CT molecular complexity index is 2910. The molecule has 2 aliphatic heterocycles. The Morgan fingerprint density at radius 3 is 2.36 bits per heavy atom. The van der Waals surface area contributed by atoms with Gasteiger partial charge in [-0.2, -0.15) is 5.26 Å². The van der Waals surface area contributed by atoms with Gasteiger partial charge >= 0.3 is 0 Å². The lowest BCUT2D eigenvalue weighted by Gasteiger charge is -2.46. The van der Waals surface area contributed by atoms with Crippen LogP contribution in [0.3, 0.4) is 0 Å². The summed E-state index contributed by atoms with van der Waals surface area (Å²) in [5.41, 5.74) is 24.4. The van der Waals surface area contributed by atoms with Crippen LogP contribution in [0.2, 0.25) is 0 Å². The highest BCUT2D eigenvalue weighted by Crippen LogP contribution is 2.53. The molecule has 0 saturated heterocycles. The molecule has 6 aliphatic rings. The van der Waals surface area contributed by atoms with Crippen molar-refractivity contribution in [2.24, 2.45) is 11.3 Å². The van der Waals surface area contributed by atoms with Crippen molar-refractivity contribution in [2.45, 2.75) is 66.7 Å². The Kier molecular flexibility index (Phi) is 7.84. The molecule has 58 heavy (non-hydrogen) atoms. The molecule has 0 aromatic heterocycles. The van der Waals surface area contributed by atoms with Gasteiger partial charge in [-0.05, 0) is 158 Å². The minimum atomic E-state index is 0.00174. The van der Waals surface area contributed by atoms with Gasteiger partial charge in [-0.15, -0.1) is 0 Å². The summed E-state index contributed by atoms with van der Waals surface area (Å²) in [6, 6.07) is 30.0. The minimum Gasteiger partial charge on any atom is -0.311 e. The fourth-order valence-electron chi connectivity index (χ4n) is 11.1. The average molecular weight is 747 g/mol. The Morgan fingerprint density at radius 1 is 0.810 bits per heavy atom. The molecule has 0 saturated carbocycles. The number of nitriles is 1. The van der Waals surface area contributed by atoms with Crippen LogP contribution in [0, 0.1) is 36.5 Å². The van der Waals surface area contributed by atoms with Crippen LogP contribution in [-0.4, -0.2) is 6.71 Å². The van der Waals surface area contributed by atoms with E-state index in [1.54, 1.807) is 0 Å². The predicted octanol–water partition coefficient (Wildman–Crippen LogP) is 12.9. The molecule has 3 heteroatoms. The van der Waals surface area contributed by atoms with Crippen LogP contribution in [0.4, 0.5) is 17.1 Å². The zero-order chi connectivity index (χ0) is 39.4. The number of rotatable bonds is 3. The standard InChI is InChI=1S/C55H47BN2/c1-33-16-14-17-34(2)54(33)58-48-31-44-43(50(36-18-8-6-9-19-36)40-23-12-13-24-41(40)51(44)37-20-10-7-11-21-37)30-46(48)56-47-29-39(55(3,4)5)28-38-22-15-25-42(52(38)47)45-26-35(32-57)27-49(58)53(45)56/h6-10,12,14-20,23,25-31,38H,11,13,21-22,24H2,1-5H3. The van der Waals surface area contributed by atoms with Crippen LogP contribution in [0.15, 0.2) is 138 Å². The molecule has 4 aliphatic carbocycles. The van der Waals surface area contributed by atoms with E-state index in [2.05, 4.69) is 173 Å². The summed E-state index contributed by atoms with van der Waals surface area (Å²) in [5, 5.41) is 13.4. The first-order valence-corrected chi connectivity index (χ1v) is 21.3. The van der Waals surface area contributed by atoms with Crippen molar-refractivity contribution in [1.82, 2.24) is 0 Å². The summed E-state index contributed by atoms with van der Waals surface area (Å²) in [6.07, 6.45) is 26.7. The highest BCUT2D eigenvalue weighted by molar-refractivity contribution is 6.95. The number of benzene rings is 5. The summed E-state index contributed by atoms with van der Waals surface area (Å²) in [5.74, 6) is 0.298. The van der Waals surface area contributed by atoms with Gasteiger partial charge in [0.2, 0.25) is 6.71 Å². The quantitative estimate of drug-likeness (QED) is 0.172. The molecule has 280 valence electrons. The first kappa shape index (κ1) is 35.1. The SMILES string of the molecule is Cc1cccc(C)c1N1c2cc3c(C4=CC=CCC4)c4c(c(-c5ccccc5)c3cc2B2C3=CC(C(C)(C)C)=CC5CC=CC(=C35)c3cc(C#N)cc1c32)C=CCC4. The van der Waals surface area contributed by atoms with E-state index in [1.807, 2.05) is 0 Å². The molecule has 0 spiro atoms. The van der Waals surface area contributed by atoms with Gasteiger partial charge in [0, 0.05) is 17.3 Å². The fraction of sp³-hybridized carbons (Fsp3) is 0.218. The van der Waals surface area contributed by atoms with E-state index < -0.39 is 0 Å². The number of hydrogen-bond donors (Lipinski definition) is 0. The van der Waals surface area contributed by atoms with Crippen LogP contribution in [0.1, 0.15) is 85.4 Å². The fourth-order valence-corrected chi connectivity index (χ4v) is 11.1. The van der Waals surface area contributed by atoms with Crippen LogP contribution in [0.25, 0.3) is 39.1 Å². The maximum Gasteiger partial charge on any atom is 0.247 e. The largest absolute Gasteiger partial charge is 0.311 e. The second kappa shape index (κ2) is 13.0. The summed E-state index contributed by atoms with van der Waals surface area (Å²) in [4.78, 5) is 2.55. The Balaban J connectivity index is 1.34. The highest BCUT2D eigenvalue weighted by atomic mass is 15.2. The van der Waals surface area contributed by atoms with Crippen molar-refractivity contribution in [2.75, 3.05) is 4.90 Å². The van der Waals surface area contributed by atoms with Crippen LogP contribution in [0.5, 0.6) is 0 Å². The Morgan fingerprint density at radius 2 is 1.60 bits per heavy atom. The first-order chi connectivity index (χ1) is 28.2. The van der Waals surface area contributed by atoms with E-state index in [-0.39, 0.29) is 12.1 Å². The molecular weight excluding hydrogens is 699 g/mol. The van der Waals surface area contributed by atoms with Gasteiger partial charge in [0.25, 0.3) is 0 Å². The second-order valence-electron chi connectivity index (χ2n) is 18.2. The number of aryl methyl sites for hydroxylation is 2. The summed E-state index contributed by atoms with van der Waals surface area (Å²) >= 11 is 0. The van der Waals surface area contributed by atoms with Gasteiger partial charge in [-0.1, -0.05) is 136 Å². The van der Waals surface area contributed by atoms with Gasteiger partial charge in [0.05, 0.1) is 17.3 Å². The van der Waals surface area contributed by atoms with Crippen molar-refractivity contribution in [3.8, 4) is 17.2 Å². The van der Waals surface area contributed by atoms with Crippen molar-refractivity contribution in [3.05, 3.63) is 177 Å². The number of nitrogens with zero attached hydrogens (tertiary/aromatic N) is 2. The van der Waals surface area contributed by atoms with Gasteiger partial charge in [-0.3, -0.25) is 0 Å². The van der Waals surface area contributed by atoms with Gasteiger partial charge in [0.15, 0.2) is 0 Å². The lowest BCUT2D eigenvalue weighted by Crippen LogP contribution is -2.55. The molecule has 1 atom stereocenters. The van der Waals surface area contributed by atoms with E-state index in [0.29, 0.717) is 11.5 Å². The molecule has 2 heterocycles. The summed E-state index contributed by atoms with van der Waals surface area (Å²) in [6.45, 7) is 11.6. The van der Waals surface area contributed by atoms with Crippen LogP contribution < -0.4 is 15.8 Å². The van der Waals surface area contributed by atoms with Crippen molar-refractivity contribution in [1.29, 1.82) is 5.26 Å². The number of para-hydroxylation sites is 1. The third kappa shape index (κ3) is 5.10. The molecule has 0 radical (unpaired) electrons. The van der Waals surface area contributed by atoms with Gasteiger partial charge < -0.3 is 4.90 Å². The molecule has 0 fully saturated rings. The van der Waals surface area contributed by atoms with E-state index in [1.165, 1.54) is 105 Å². The van der Waals surface area contributed by atoms with E-state index >= 15 is 0 Å². The topological polar surface area (TPSA) is 27.0 Å². The third-order valence-electron chi connectivity index (χ3n) is 13.7. The lowest BCUT2D eigenvalue weighted by molar-refractivity contribution is 0.507. The number of allylic oxidation sites excluding steroid dienone is 13. The van der Waals surface area contributed by atoms with Crippen molar-refractivity contribution >= 4 is 62.7 Å².